The van der Waals surface area contributed by atoms with Crippen molar-refractivity contribution in [3.05, 3.63) is 35.4 Å². The van der Waals surface area contributed by atoms with Crippen molar-refractivity contribution in [2.45, 2.75) is 25.4 Å². The van der Waals surface area contributed by atoms with Crippen LogP contribution >= 0.6 is 0 Å². The third-order valence-corrected chi connectivity index (χ3v) is 5.13. The van der Waals surface area contributed by atoms with Crippen LogP contribution in [-0.4, -0.2) is 32.0 Å². The van der Waals surface area contributed by atoms with Crippen molar-refractivity contribution >= 4 is 15.9 Å². The molecule has 2 amide bonds. The molecule has 0 bridgehead atoms. The Morgan fingerprint density at radius 2 is 2.05 bits per heavy atom. The summed E-state index contributed by atoms with van der Waals surface area (Å²) in [5, 5.41) is 5.13. The molecule has 1 aliphatic heterocycles. The Kier molecular flexibility index (Phi) is 4.46. The van der Waals surface area contributed by atoms with Crippen molar-refractivity contribution in [1.82, 2.24) is 10.6 Å². The van der Waals surface area contributed by atoms with E-state index >= 15 is 0 Å². The van der Waals surface area contributed by atoms with E-state index in [0.29, 0.717) is 12.0 Å². The second-order valence-electron chi connectivity index (χ2n) is 5.11. The molecule has 0 saturated carbocycles. The minimum Gasteiger partial charge on any atom is -0.334 e. The van der Waals surface area contributed by atoms with Crippen molar-refractivity contribution in [3.63, 3.8) is 0 Å². The highest BCUT2D eigenvalue weighted by Crippen LogP contribution is 2.16. The molecule has 1 aliphatic rings. The lowest BCUT2D eigenvalue weighted by Gasteiger charge is -2.17. The van der Waals surface area contributed by atoms with E-state index in [1.165, 1.54) is 6.07 Å². The zero-order valence-electron chi connectivity index (χ0n) is 11.4. The summed E-state index contributed by atoms with van der Waals surface area (Å²) in [4.78, 5) is 11.8. The van der Waals surface area contributed by atoms with E-state index in [9.17, 15) is 22.0 Å². The van der Waals surface area contributed by atoms with Gasteiger partial charge in [-0.3, -0.25) is 0 Å². The SMILES string of the molecule is C[C@@H](NC(=O)N[C@@H]1CCS(=O)(=O)C1)c1ccc(F)c(F)c1. The number of sulfone groups is 1. The fourth-order valence-electron chi connectivity index (χ4n) is 2.20. The molecule has 0 unspecified atom stereocenters. The first kappa shape index (κ1) is 15.7. The van der Waals surface area contributed by atoms with Gasteiger partial charge in [0.1, 0.15) is 0 Å². The van der Waals surface area contributed by atoms with Gasteiger partial charge in [0.25, 0.3) is 0 Å². The van der Waals surface area contributed by atoms with Gasteiger partial charge in [0.2, 0.25) is 0 Å². The van der Waals surface area contributed by atoms with Crippen molar-refractivity contribution in [2.24, 2.45) is 0 Å². The quantitative estimate of drug-likeness (QED) is 0.887. The second kappa shape index (κ2) is 5.97. The first-order chi connectivity index (χ1) is 9.77. The van der Waals surface area contributed by atoms with Gasteiger partial charge in [-0.15, -0.1) is 0 Å². The first-order valence-electron chi connectivity index (χ1n) is 6.49. The summed E-state index contributed by atoms with van der Waals surface area (Å²) in [5.74, 6) is -1.94. The number of nitrogens with one attached hydrogen (secondary N) is 2. The molecular formula is C13H16F2N2O3S. The Morgan fingerprint density at radius 3 is 2.62 bits per heavy atom. The van der Waals surface area contributed by atoms with Crippen molar-refractivity contribution in [2.75, 3.05) is 11.5 Å². The van der Waals surface area contributed by atoms with E-state index in [4.69, 9.17) is 0 Å². The summed E-state index contributed by atoms with van der Waals surface area (Å²) < 4.78 is 48.5. The summed E-state index contributed by atoms with van der Waals surface area (Å²) in [7, 11) is -3.07. The van der Waals surface area contributed by atoms with Crippen LogP contribution in [0.5, 0.6) is 0 Å². The van der Waals surface area contributed by atoms with E-state index in [1.54, 1.807) is 6.92 Å². The van der Waals surface area contributed by atoms with Gasteiger partial charge in [0.05, 0.1) is 17.5 Å². The van der Waals surface area contributed by atoms with Crippen LogP contribution in [0.2, 0.25) is 0 Å². The van der Waals surface area contributed by atoms with Gasteiger partial charge in [0.15, 0.2) is 21.5 Å². The maximum Gasteiger partial charge on any atom is 0.315 e. The maximum absolute atomic E-state index is 13.1. The lowest BCUT2D eigenvalue weighted by Crippen LogP contribution is -2.43. The van der Waals surface area contributed by atoms with E-state index < -0.39 is 39.6 Å². The van der Waals surface area contributed by atoms with Crippen molar-refractivity contribution in [3.8, 4) is 0 Å². The molecular weight excluding hydrogens is 302 g/mol. The van der Waals surface area contributed by atoms with E-state index in [0.717, 1.165) is 12.1 Å². The maximum atomic E-state index is 13.1. The highest BCUT2D eigenvalue weighted by Gasteiger charge is 2.29. The van der Waals surface area contributed by atoms with E-state index in [-0.39, 0.29) is 11.5 Å². The Bertz CT molecular complexity index is 649. The average molecular weight is 318 g/mol. The molecule has 1 fully saturated rings. The Balaban J connectivity index is 1.91. The molecule has 1 aromatic rings. The number of hydrogen-bond acceptors (Lipinski definition) is 3. The van der Waals surface area contributed by atoms with Gasteiger partial charge in [0, 0.05) is 6.04 Å². The number of halogens is 2. The number of benzene rings is 1. The number of carbonyl (C=O) groups is 1. The summed E-state index contributed by atoms with van der Waals surface area (Å²) >= 11 is 0. The molecule has 1 heterocycles. The number of urea groups is 1. The van der Waals surface area contributed by atoms with Crippen LogP contribution in [0, 0.1) is 11.6 Å². The molecule has 5 nitrogen and oxygen atoms in total. The minimum atomic E-state index is -3.07. The van der Waals surface area contributed by atoms with Crippen LogP contribution in [0.3, 0.4) is 0 Å². The molecule has 2 N–H and O–H groups in total. The standard InChI is InChI=1S/C13H16F2N2O3S/c1-8(9-2-3-11(14)12(15)6-9)16-13(18)17-10-4-5-21(19,20)7-10/h2-3,6,8,10H,4-5,7H2,1H3,(H2,16,17,18)/t8-,10-/m1/s1. The zero-order valence-corrected chi connectivity index (χ0v) is 12.2. The van der Waals surface area contributed by atoms with Crippen LogP contribution in [0.15, 0.2) is 18.2 Å². The number of hydrogen-bond donors (Lipinski definition) is 2. The molecule has 2 atom stereocenters. The van der Waals surface area contributed by atoms with Crippen LogP contribution in [0.25, 0.3) is 0 Å². The third-order valence-electron chi connectivity index (χ3n) is 3.36. The van der Waals surface area contributed by atoms with Gasteiger partial charge in [-0.25, -0.2) is 22.0 Å². The molecule has 0 radical (unpaired) electrons. The molecule has 0 spiro atoms. The summed E-state index contributed by atoms with van der Waals surface area (Å²) in [6.07, 6.45) is 0.384. The molecule has 0 aromatic heterocycles. The molecule has 2 rings (SSSR count). The number of rotatable bonds is 3. The summed E-state index contributed by atoms with van der Waals surface area (Å²) in [6, 6.07) is 1.91. The van der Waals surface area contributed by atoms with E-state index in [1.807, 2.05) is 0 Å². The van der Waals surface area contributed by atoms with E-state index in [2.05, 4.69) is 10.6 Å². The first-order valence-corrected chi connectivity index (χ1v) is 8.31. The average Bonchev–Trinajstić information content (AvgIpc) is 2.71. The van der Waals surface area contributed by atoms with Gasteiger partial charge >= 0.3 is 6.03 Å². The summed E-state index contributed by atoms with van der Waals surface area (Å²) in [6.45, 7) is 1.62. The largest absolute Gasteiger partial charge is 0.334 e. The Hall–Kier alpha value is -1.70. The molecule has 21 heavy (non-hydrogen) atoms. The van der Waals surface area contributed by atoms with Crippen LogP contribution < -0.4 is 10.6 Å². The summed E-state index contributed by atoms with van der Waals surface area (Å²) in [5.41, 5.74) is 0.420. The molecule has 1 aromatic carbocycles. The fraction of sp³-hybridized carbons (Fsp3) is 0.462. The van der Waals surface area contributed by atoms with Crippen molar-refractivity contribution < 1.29 is 22.0 Å². The van der Waals surface area contributed by atoms with Crippen LogP contribution in [0.4, 0.5) is 13.6 Å². The number of amides is 2. The lowest BCUT2D eigenvalue weighted by molar-refractivity contribution is 0.235. The second-order valence-corrected chi connectivity index (χ2v) is 7.34. The van der Waals surface area contributed by atoms with Gasteiger partial charge in [-0.05, 0) is 31.0 Å². The molecule has 8 heteroatoms. The van der Waals surface area contributed by atoms with Crippen LogP contribution in [0.1, 0.15) is 24.9 Å². The number of carbonyl (C=O) groups excluding carboxylic acids is 1. The van der Waals surface area contributed by atoms with Crippen molar-refractivity contribution in [1.29, 1.82) is 0 Å². The minimum absolute atomic E-state index is 0.0661. The zero-order chi connectivity index (χ0) is 15.6. The molecule has 0 aliphatic carbocycles. The monoisotopic (exact) mass is 318 g/mol. The lowest BCUT2D eigenvalue weighted by atomic mass is 10.1. The Labute approximate surface area is 121 Å². The Morgan fingerprint density at radius 1 is 1.33 bits per heavy atom. The van der Waals surface area contributed by atoms with Crippen LogP contribution in [-0.2, 0) is 9.84 Å². The normalized spacial score (nSPS) is 21.8. The molecule has 116 valence electrons. The molecule has 1 saturated heterocycles. The predicted octanol–water partition coefficient (Wildman–Crippen LogP) is 1.51. The van der Waals surface area contributed by atoms with Gasteiger partial charge in [-0.1, -0.05) is 6.07 Å². The highest BCUT2D eigenvalue weighted by atomic mass is 32.2. The predicted molar refractivity (Wildman–Crippen MR) is 73.5 cm³/mol. The highest BCUT2D eigenvalue weighted by molar-refractivity contribution is 7.91. The van der Waals surface area contributed by atoms with Gasteiger partial charge < -0.3 is 10.6 Å². The smallest absolute Gasteiger partial charge is 0.315 e. The van der Waals surface area contributed by atoms with Gasteiger partial charge in [-0.2, -0.15) is 0 Å². The fourth-order valence-corrected chi connectivity index (χ4v) is 3.87. The topological polar surface area (TPSA) is 75.3 Å². The third kappa shape index (κ3) is 4.13.